The normalized spacial score (nSPS) is 10.6. The zero-order valence-electron chi connectivity index (χ0n) is 11.3. The summed E-state index contributed by atoms with van der Waals surface area (Å²) in [5, 5.41) is 5.10. The molecule has 3 N–H and O–H groups in total. The molecule has 0 atom stereocenters. The van der Waals surface area contributed by atoms with Crippen molar-refractivity contribution in [1.29, 1.82) is 0 Å². The summed E-state index contributed by atoms with van der Waals surface area (Å²) in [7, 11) is 3.65. The number of rotatable bonds is 4. The fourth-order valence-corrected chi connectivity index (χ4v) is 2.03. The maximum absolute atomic E-state index is 12.3. The van der Waals surface area contributed by atoms with Crippen LogP contribution < -0.4 is 11.1 Å². The minimum Gasteiger partial charge on any atom is -0.398 e. The average Bonchev–Trinajstić information content (AvgIpc) is 2.43. The van der Waals surface area contributed by atoms with Gasteiger partial charge in [-0.1, -0.05) is 24.3 Å². The van der Waals surface area contributed by atoms with Gasteiger partial charge >= 0.3 is 0 Å². The summed E-state index contributed by atoms with van der Waals surface area (Å²) in [5.74, 6) is -0.0431. The third-order valence-electron chi connectivity index (χ3n) is 3.19. The lowest BCUT2D eigenvalue weighted by Crippen LogP contribution is -2.33. The van der Waals surface area contributed by atoms with Crippen molar-refractivity contribution in [1.82, 2.24) is 10.2 Å². The van der Waals surface area contributed by atoms with Crippen molar-refractivity contribution >= 4 is 22.4 Å². The standard InChI is InChI=1S/C15H19N3O/c1-17-7-8-18(2)15(19)13-9-11-5-3-4-6-12(11)10-14(13)16/h3-6,9-10,17H,7-8,16H2,1-2H3. The average molecular weight is 257 g/mol. The van der Waals surface area contributed by atoms with Gasteiger partial charge in [0.05, 0.1) is 5.56 Å². The molecule has 4 nitrogen and oxygen atoms in total. The van der Waals surface area contributed by atoms with Gasteiger partial charge in [0.15, 0.2) is 0 Å². The lowest BCUT2D eigenvalue weighted by molar-refractivity contribution is 0.0798. The first-order valence-corrected chi connectivity index (χ1v) is 6.32. The molecule has 0 saturated carbocycles. The predicted octanol–water partition coefficient (Wildman–Crippen LogP) is 1.71. The smallest absolute Gasteiger partial charge is 0.255 e. The van der Waals surface area contributed by atoms with E-state index in [2.05, 4.69) is 5.32 Å². The molecule has 0 unspecified atom stereocenters. The Morgan fingerprint density at radius 2 is 1.89 bits per heavy atom. The number of nitrogens with zero attached hydrogens (tertiary/aromatic N) is 1. The van der Waals surface area contributed by atoms with Crippen LogP contribution in [0.5, 0.6) is 0 Å². The molecule has 2 aromatic carbocycles. The van der Waals surface area contributed by atoms with Crippen molar-refractivity contribution in [2.75, 3.05) is 32.9 Å². The SMILES string of the molecule is CNCCN(C)C(=O)c1cc2ccccc2cc1N. The van der Waals surface area contributed by atoms with E-state index < -0.39 is 0 Å². The first-order valence-electron chi connectivity index (χ1n) is 6.32. The molecular weight excluding hydrogens is 238 g/mol. The number of nitrogens with two attached hydrogens (primary N) is 1. The fraction of sp³-hybridized carbons (Fsp3) is 0.267. The molecule has 2 rings (SSSR count). The van der Waals surface area contributed by atoms with E-state index in [4.69, 9.17) is 5.73 Å². The summed E-state index contributed by atoms with van der Waals surface area (Å²) in [6.45, 7) is 1.41. The van der Waals surface area contributed by atoms with E-state index in [-0.39, 0.29) is 5.91 Å². The topological polar surface area (TPSA) is 58.4 Å². The minimum atomic E-state index is -0.0431. The number of anilines is 1. The van der Waals surface area contributed by atoms with E-state index in [0.29, 0.717) is 17.8 Å². The molecule has 0 aliphatic rings. The molecule has 0 aliphatic heterocycles. The Balaban J connectivity index is 2.33. The minimum absolute atomic E-state index is 0.0431. The largest absolute Gasteiger partial charge is 0.398 e. The zero-order valence-corrected chi connectivity index (χ0v) is 11.3. The summed E-state index contributed by atoms with van der Waals surface area (Å²) in [6, 6.07) is 11.6. The monoisotopic (exact) mass is 257 g/mol. The number of fused-ring (bicyclic) bond motifs is 1. The molecular formula is C15H19N3O. The Labute approximate surface area is 113 Å². The van der Waals surface area contributed by atoms with Crippen LogP contribution in [-0.2, 0) is 0 Å². The van der Waals surface area contributed by atoms with Gasteiger partial charge in [0.1, 0.15) is 0 Å². The van der Waals surface area contributed by atoms with E-state index in [1.807, 2.05) is 43.4 Å². The first kappa shape index (κ1) is 13.4. The highest BCUT2D eigenvalue weighted by atomic mass is 16.2. The van der Waals surface area contributed by atoms with Crippen LogP contribution in [0.25, 0.3) is 10.8 Å². The van der Waals surface area contributed by atoms with Crippen molar-refractivity contribution < 1.29 is 4.79 Å². The van der Waals surface area contributed by atoms with Gasteiger partial charge in [-0.2, -0.15) is 0 Å². The van der Waals surface area contributed by atoms with Crippen molar-refractivity contribution in [3.05, 3.63) is 42.0 Å². The van der Waals surface area contributed by atoms with E-state index in [1.165, 1.54) is 0 Å². The van der Waals surface area contributed by atoms with E-state index in [1.54, 1.807) is 11.9 Å². The van der Waals surface area contributed by atoms with Gasteiger partial charge in [-0.3, -0.25) is 4.79 Å². The molecule has 0 bridgehead atoms. The van der Waals surface area contributed by atoms with Gasteiger partial charge in [-0.15, -0.1) is 0 Å². The highest BCUT2D eigenvalue weighted by Gasteiger charge is 2.14. The highest BCUT2D eigenvalue weighted by molar-refractivity contribution is 6.03. The van der Waals surface area contributed by atoms with E-state index in [9.17, 15) is 4.79 Å². The van der Waals surface area contributed by atoms with Crippen LogP contribution in [0.3, 0.4) is 0 Å². The second-order valence-corrected chi connectivity index (χ2v) is 4.62. The van der Waals surface area contributed by atoms with Crippen LogP contribution in [0.15, 0.2) is 36.4 Å². The summed E-state index contributed by atoms with van der Waals surface area (Å²) in [6.07, 6.45) is 0. The molecule has 0 saturated heterocycles. The van der Waals surface area contributed by atoms with Crippen molar-refractivity contribution in [3.63, 3.8) is 0 Å². The van der Waals surface area contributed by atoms with Crippen molar-refractivity contribution in [3.8, 4) is 0 Å². The number of carbonyl (C=O) groups excluding carboxylic acids is 1. The molecule has 19 heavy (non-hydrogen) atoms. The quantitative estimate of drug-likeness (QED) is 0.820. The molecule has 0 aliphatic carbocycles. The zero-order chi connectivity index (χ0) is 13.8. The summed E-state index contributed by atoms with van der Waals surface area (Å²) < 4.78 is 0. The Kier molecular flexibility index (Phi) is 4.02. The summed E-state index contributed by atoms with van der Waals surface area (Å²) in [4.78, 5) is 14.0. The van der Waals surface area contributed by atoms with Crippen LogP contribution in [0, 0.1) is 0 Å². The fourth-order valence-electron chi connectivity index (χ4n) is 2.03. The van der Waals surface area contributed by atoms with Gasteiger partial charge in [-0.05, 0) is 30.0 Å². The van der Waals surface area contributed by atoms with E-state index >= 15 is 0 Å². The van der Waals surface area contributed by atoms with Crippen LogP contribution in [0.1, 0.15) is 10.4 Å². The van der Waals surface area contributed by atoms with Crippen LogP contribution >= 0.6 is 0 Å². The second-order valence-electron chi connectivity index (χ2n) is 4.62. The van der Waals surface area contributed by atoms with Crippen LogP contribution in [0.4, 0.5) is 5.69 Å². The van der Waals surface area contributed by atoms with Crippen molar-refractivity contribution in [2.24, 2.45) is 0 Å². The first-order chi connectivity index (χ1) is 9.13. The van der Waals surface area contributed by atoms with Crippen molar-refractivity contribution in [2.45, 2.75) is 0 Å². The molecule has 1 amide bonds. The van der Waals surface area contributed by atoms with E-state index in [0.717, 1.165) is 17.3 Å². The lowest BCUT2D eigenvalue weighted by atomic mass is 10.0. The molecule has 0 radical (unpaired) electrons. The molecule has 0 spiro atoms. The molecule has 0 heterocycles. The van der Waals surface area contributed by atoms with Gasteiger partial charge in [-0.25, -0.2) is 0 Å². The maximum Gasteiger partial charge on any atom is 0.255 e. The third kappa shape index (κ3) is 2.85. The Morgan fingerprint density at radius 1 is 1.26 bits per heavy atom. The molecule has 100 valence electrons. The number of carbonyl (C=O) groups is 1. The van der Waals surface area contributed by atoms with Gasteiger partial charge in [0.2, 0.25) is 0 Å². The Morgan fingerprint density at radius 3 is 2.53 bits per heavy atom. The third-order valence-corrected chi connectivity index (χ3v) is 3.19. The van der Waals surface area contributed by atoms with Crippen LogP contribution in [-0.4, -0.2) is 38.0 Å². The molecule has 0 fully saturated rings. The number of nitrogen functional groups attached to an aromatic ring is 1. The summed E-state index contributed by atoms with van der Waals surface area (Å²) in [5.41, 5.74) is 7.09. The molecule has 2 aromatic rings. The Hall–Kier alpha value is -2.07. The lowest BCUT2D eigenvalue weighted by Gasteiger charge is -2.18. The van der Waals surface area contributed by atoms with Gasteiger partial charge in [0, 0.05) is 25.8 Å². The maximum atomic E-state index is 12.3. The number of hydrogen-bond donors (Lipinski definition) is 2. The number of hydrogen-bond acceptors (Lipinski definition) is 3. The number of nitrogens with one attached hydrogen (secondary N) is 1. The number of amides is 1. The summed E-state index contributed by atoms with van der Waals surface area (Å²) >= 11 is 0. The van der Waals surface area contributed by atoms with Gasteiger partial charge in [0.25, 0.3) is 5.91 Å². The Bertz CT molecular complexity index is 595. The number of benzene rings is 2. The van der Waals surface area contributed by atoms with Crippen LogP contribution in [0.2, 0.25) is 0 Å². The number of likely N-dealkylation sites (N-methyl/N-ethyl adjacent to an activating group) is 2. The van der Waals surface area contributed by atoms with Gasteiger partial charge < -0.3 is 16.0 Å². The highest BCUT2D eigenvalue weighted by Crippen LogP contribution is 2.22. The molecule has 4 heteroatoms. The molecule has 0 aromatic heterocycles. The second kappa shape index (κ2) is 5.71. The predicted molar refractivity (Wildman–Crippen MR) is 79.2 cm³/mol.